The van der Waals surface area contributed by atoms with Gasteiger partial charge in [-0.25, -0.2) is 15.0 Å². The highest BCUT2D eigenvalue weighted by atomic mass is 32.1. The van der Waals surface area contributed by atoms with Crippen LogP contribution >= 0.6 is 11.3 Å². The lowest BCUT2D eigenvalue weighted by molar-refractivity contribution is 0.669. The van der Waals surface area contributed by atoms with E-state index >= 15 is 0 Å². The fraction of sp³-hybridized carbons (Fsp3) is 0.0392. The highest BCUT2D eigenvalue weighted by molar-refractivity contribution is 7.26. The van der Waals surface area contributed by atoms with Crippen molar-refractivity contribution in [3.8, 4) is 56.4 Å². The molecule has 264 valence electrons. The third-order valence-corrected chi connectivity index (χ3v) is 11.6. The fourth-order valence-corrected chi connectivity index (χ4v) is 8.82. The first kappa shape index (κ1) is 27.6. The number of aromatic nitrogens is 3. The van der Waals surface area contributed by atoms with Crippen molar-refractivity contribution in [1.82, 2.24) is 15.0 Å². The second kappa shape index (κ2) is 13.4. The Morgan fingerprint density at radius 2 is 1.14 bits per heavy atom. The van der Waals surface area contributed by atoms with Gasteiger partial charge in [-0.1, -0.05) is 146 Å². The van der Waals surface area contributed by atoms with Crippen molar-refractivity contribution in [2.45, 2.75) is 12.8 Å². The van der Waals surface area contributed by atoms with Gasteiger partial charge in [0.05, 0.1) is 4.11 Å². The summed E-state index contributed by atoms with van der Waals surface area (Å²) < 4.78 is 50.0. The van der Waals surface area contributed by atoms with Crippen molar-refractivity contribution in [2.75, 3.05) is 0 Å². The lowest BCUT2D eigenvalue weighted by atomic mass is 9.95. The Morgan fingerprint density at radius 3 is 1.96 bits per heavy atom. The maximum atomic E-state index is 8.43. The number of hydrogen-bond donors (Lipinski definition) is 0. The van der Waals surface area contributed by atoms with Gasteiger partial charge in [-0.15, -0.1) is 11.3 Å². The summed E-state index contributed by atoms with van der Waals surface area (Å²) in [5.41, 5.74) is 9.07. The van der Waals surface area contributed by atoms with Gasteiger partial charge < -0.3 is 4.42 Å². The SMILES string of the molecule is [2H]C1=C([2H])C([2H])C([2H])C([2H])=C1c1ccc(-c2ccc(-c3ccc4oc5cccc(-c6nc(-c7ccccc7)nc(-c7cccc8c7sc7ccccc78)n6)c5c4c3)cc2)cc1. The lowest BCUT2D eigenvalue weighted by Gasteiger charge is -2.10. The van der Waals surface area contributed by atoms with E-state index in [1.165, 1.54) is 15.5 Å². The molecule has 5 heteroatoms. The number of benzene rings is 7. The molecule has 4 nitrogen and oxygen atoms in total. The summed E-state index contributed by atoms with van der Waals surface area (Å²) in [6.45, 7) is 0. The molecule has 0 bridgehead atoms. The first-order valence-electron chi connectivity index (χ1n) is 21.1. The molecule has 0 spiro atoms. The topological polar surface area (TPSA) is 51.8 Å². The van der Waals surface area contributed by atoms with Crippen LogP contribution in [0.25, 0.3) is 104 Å². The minimum Gasteiger partial charge on any atom is -0.456 e. The van der Waals surface area contributed by atoms with Gasteiger partial charge in [0, 0.05) is 50.4 Å². The molecule has 11 rings (SSSR count). The Balaban J connectivity index is 0.983. The first-order valence-corrected chi connectivity index (χ1v) is 19.2. The van der Waals surface area contributed by atoms with Gasteiger partial charge in [0.1, 0.15) is 11.2 Å². The second-order valence-electron chi connectivity index (χ2n) is 13.7. The number of furan rings is 1. The van der Waals surface area contributed by atoms with Gasteiger partial charge in [-0.3, -0.25) is 0 Å². The van der Waals surface area contributed by atoms with Crippen LogP contribution in [0.3, 0.4) is 0 Å². The van der Waals surface area contributed by atoms with E-state index in [9.17, 15) is 0 Å². The van der Waals surface area contributed by atoms with Gasteiger partial charge in [-0.2, -0.15) is 0 Å². The normalized spacial score (nSPS) is 17.3. The van der Waals surface area contributed by atoms with Crippen LogP contribution in [-0.4, -0.2) is 15.0 Å². The highest BCUT2D eigenvalue weighted by Crippen LogP contribution is 2.42. The molecule has 2 atom stereocenters. The molecule has 7 aromatic carbocycles. The summed E-state index contributed by atoms with van der Waals surface area (Å²) in [6.07, 6.45) is -2.40. The molecule has 56 heavy (non-hydrogen) atoms. The third-order valence-electron chi connectivity index (χ3n) is 10.4. The van der Waals surface area contributed by atoms with Gasteiger partial charge in [-0.05, 0) is 76.5 Å². The number of nitrogens with zero attached hydrogens (tertiary/aromatic N) is 3. The lowest BCUT2D eigenvalue weighted by Crippen LogP contribution is -2.00. The van der Waals surface area contributed by atoms with Gasteiger partial charge in [0.2, 0.25) is 0 Å². The highest BCUT2D eigenvalue weighted by Gasteiger charge is 2.20. The van der Waals surface area contributed by atoms with Crippen LogP contribution in [-0.2, 0) is 0 Å². The third kappa shape index (κ3) is 5.64. The number of allylic oxidation sites excluding steroid dienone is 4. The van der Waals surface area contributed by atoms with E-state index < -0.39 is 12.8 Å². The Morgan fingerprint density at radius 1 is 0.500 bits per heavy atom. The van der Waals surface area contributed by atoms with E-state index in [0.29, 0.717) is 23.0 Å². The van der Waals surface area contributed by atoms with Crippen LogP contribution < -0.4 is 0 Å². The second-order valence-corrected chi connectivity index (χ2v) is 14.8. The number of fused-ring (bicyclic) bond motifs is 6. The predicted molar refractivity (Wildman–Crippen MR) is 234 cm³/mol. The maximum absolute atomic E-state index is 8.43. The van der Waals surface area contributed by atoms with Gasteiger partial charge in [0.25, 0.3) is 0 Å². The van der Waals surface area contributed by atoms with Gasteiger partial charge in [0.15, 0.2) is 17.5 Å². The Bertz CT molecular complexity index is 3430. The summed E-state index contributed by atoms with van der Waals surface area (Å²) in [6, 6.07) is 52.4. The molecule has 1 aliphatic rings. The summed E-state index contributed by atoms with van der Waals surface area (Å²) in [5, 5.41) is 4.27. The van der Waals surface area contributed by atoms with Crippen molar-refractivity contribution in [2.24, 2.45) is 0 Å². The molecule has 0 saturated heterocycles. The largest absolute Gasteiger partial charge is 0.456 e. The molecular formula is C51H33N3OS. The van der Waals surface area contributed by atoms with Crippen molar-refractivity contribution >= 4 is 59.0 Å². The molecule has 0 aliphatic heterocycles. The molecule has 0 fully saturated rings. The van der Waals surface area contributed by atoms with Gasteiger partial charge >= 0.3 is 0 Å². The summed E-state index contributed by atoms with van der Waals surface area (Å²) >= 11 is 1.75. The number of hydrogen-bond acceptors (Lipinski definition) is 5. The van der Waals surface area contributed by atoms with Crippen molar-refractivity contribution in [1.29, 1.82) is 0 Å². The van der Waals surface area contributed by atoms with Crippen LogP contribution in [0.15, 0.2) is 180 Å². The zero-order valence-corrected chi connectivity index (χ0v) is 30.6. The minimum atomic E-state index is -1.21. The van der Waals surface area contributed by atoms with Crippen molar-refractivity contribution in [3.63, 3.8) is 0 Å². The van der Waals surface area contributed by atoms with Crippen LogP contribution in [0.5, 0.6) is 0 Å². The fourth-order valence-electron chi connectivity index (χ4n) is 7.61. The molecule has 10 aromatic rings. The molecule has 3 heterocycles. The maximum Gasteiger partial charge on any atom is 0.165 e. The zero-order valence-electron chi connectivity index (χ0n) is 34.8. The summed E-state index contributed by atoms with van der Waals surface area (Å²) in [4.78, 5) is 15.4. The standard InChI is InChI=1S/C51H33N3OS/c1-3-11-32(12-4-1)33-21-23-34(24-22-33)35-25-27-36(28-26-35)38-29-30-44-43(31-38)47-41(17-10-19-45(47)55-44)50-52-49(37-13-5-2-6-14-37)53-51(54-50)42-18-9-16-40-39-15-7-8-20-46(39)56-48(40)42/h2-3,5-31H,1,4H2/i1D,3D,4D,11D,12D. The van der Waals surface area contributed by atoms with E-state index in [4.69, 9.17) is 26.2 Å². The Labute approximate surface area is 334 Å². The zero-order chi connectivity index (χ0) is 41.4. The van der Waals surface area contributed by atoms with E-state index in [1.807, 2.05) is 72.8 Å². The Kier molecular flexibility index (Phi) is 6.61. The molecule has 0 saturated carbocycles. The van der Waals surface area contributed by atoms with E-state index in [2.05, 4.69) is 84.9 Å². The average Bonchev–Trinajstić information content (AvgIpc) is 3.89. The molecule has 3 aromatic heterocycles. The number of thiophene rings is 1. The quantitative estimate of drug-likeness (QED) is 0.170. The van der Waals surface area contributed by atoms with E-state index in [1.54, 1.807) is 11.3 Å². The van der Waals surface area contributed by atoms with Crippen molar-refractivity contribution < 1.29 is 11.3 Å². The predicted octanol–water partition coefficient (Wildman–Crippen LogP) is 14.2. The molecule has 0 radical (unpaired) electrons. The monoisotopic (exact) mass is 740 g/mol. The van der Waals surface area contributed by atoms with Crippen LogP contribution in [0.4, 0.5) is 0 Å². The molecule has 0 amide bonds. The molecular weight excluding hydrogens is 703 g/mol. The van der Waals surface area contributed by atoms with Crippen molar-refractivity contribution in [3.05, 3.63) is 181 Å². The summed E-state index contributed by atoms with van der Waals surface area (Å²) in [5.74, 6) is 1.76. The molecule has 1 aliphatic carbocycles. The van der Waals surface area contributed by atoms with E-state index in [-0.39, 0.29) is 23.7 Å². The Hall–Kier alpha value is -6.95. The van der Waals surface area contributed by atoms with Crippen LogP contribution in [0, 0.1) is 0 Å². The molecule has 0 N–H and O–H groups in total. The van der Waals surface area contributed by atoms with Crippen LogP contribution in [0.2, 0.25) is 0 Å². The van der Waals surface area contributed by atoms with E-state index in [0.717, 1.165) is 65.6 Å². The first-order chi connectivity index (χ1) is 29.8. The average molecular weight is 741 g/mol. The number of rotatable bonds is 6. The molecule has 2 unspecified atom stereocenters. The minimum absolute atomic E-state index is 0.0940. The van der Waals surface area contributed by atoms with Crippen LogP contribution in [0.1, 0.15) is 25.2 Å². The summed E-state index contributed by atoms with van der Waals surface area (Å²) in [7, 11) is 0. The smallest absolute Gasteiger partial charge is 0.165 e.